The summed E-state index contributed by atoms with van der Waals surface area (Å²) in [6.45, 7) is 4.87. The molecular formula is C13H18N4O. The molecule has 0 aromatic carbocycles. The Labute approximate surface area is 106 Å². The largest absolute Gasteiger partial charge is 0.380 e. The van der Waals surface area contributed by atoms with Gasteiger partial charge in [-0.15, -0.1) is 5.10 Å². The van der Waals surface area contributed by atoms with Crippen molar-refractivity contribution in [1.82, 2.24) is 20.0 Å². The van der Waals surface area contributed by atoms with Crippen LogP contribution in [0, 0.1) is 0 Å². The maximum absolute atomic E-state index is 10.4. The fraction of sp³-hybridized carbons (Fsp3) is 0.462. The van der Waals surface area contributed by atoms with Gasteiger partial charge in [0.1, 0.15) is 6.10 Å². The molecular weight excluding hydrogens is 228 g/mol. The van der Waals surface area contributed by atoms with E-state index in [1.807, 2.05) is 12.1 Å². The monoisotopic (exact) mass is 246 g/mol. The van der Waals surface area contributed by atoms with Crippen LogP contribution in [0.25, 0.3) is 0 Å². The number of hydrogen-bond donors (Lipinski definition) is 1. The zero-order valence-electron chi connectivity index (χ0n) is 10.7. The van der Waals surface area contributed by atoms with Crippen LogP contribution in [0.1, 0.15) is 43.3 Å². The van der Waals surface area contributed by atoms with Gasteiger partial charge < -0.3 is 5.11 Å². The van der Waals surface area contributed by atoms with Crippen molar-refractivity contribution in [2.24, 2.45) is 0 Å². The Bertz CT molecular complexity index is 509. The molecule has 5 heteroatoms. The summed E-state index contributed by atoms with van der Waals surface area (Å²) in [5.74, 6) is 0. The molecule has 0 saturated heterocycles. The molecule has 0 aliphatic heterocycles. The fourth-order valence-corrected chi connectivity index (χ4v) is 2.00. The zero-order chi connectivity index (χ0) is 13.0. The average Bonchev–Trinajstić information content (AvgIpc) is 2.86. The van der Waals surface area contributed by atoms with Crippen LogP contribution in [0.2, 0.25) is 0 Å². The summed E-state index contributed by atoms with van der Waals surface area (Å²) in [4.78, 5) is 4.29. The van der Waals surface area contributed by atoms with Crippen molar-refractivity contribution in [3.05, 3.63) is 41.5 Å². The summed E-state index contributed by atoms with van der Waals surface area (Å²) >= 11 is 0. The second-order valence-corrected chi connectivity index (χ2v) is 4.19. The molecule has 2 aromatic rings. The molecule has 1 atom stereocenters. The van der Waals surface area contributed by atoms with E-state index in [1.165, 1.54) is 0 Å². The Balaban J connectivity index is 2.35. The van der Waals surface area contributed by atoms with Crippen LogP contribution < -0.4 is 0 Å². The van der Waals surface area contributed by atoms with Crippen LogP contribution in [-0.2, 0) is 13.0 Å². The minimum absolute atomic E-state index is 0.694. The predicted molar refractivity (Wildman–Crippen MR) is 68.0 cm³/mol. The Morgan fingerprint density at radius 3 is 2.94 bits per heavy atom. The van der Waals surface area contributed by atoms with Crippen molar-refractivity contribution in [3.8, 4) is 0 Å². The number of aryl methyl sites for hydroxylation is 2. The van der Waals surface area contributed by atoms with Gasteiger partial charge in [0.25, 0.3) is 0 Å². The SMILES string of the molecule is CCCn1nncc1C(O)c1ncccc1CC. The van der Waals surface area contributed by atoms with Gasteiger partial charge in [0.2, 0.25) is 0 Å². The van der Waals surface area contributed by atoms with Gasteiger partial charge in [-0.3, -0.25) is 4.98 Å². The van der Waals surface area contributed by atoms with Crippen molar-refractivity contribution in [1.29, 1.82) is 0 Å². The molecule has 0 amide bonds. The lowest BCUT2D eigenvalue weighted by atomic mass is 10.1. The molecule has 18 heavy (non-hydrogen) atoms. The van der Waals surface area contributed by atoms with Gasteiger partial charge in [-0.2, -0.15) is 0 Å². The first-order valence-electron chi connectivity index (χ1n) is 6.28. The van der Waals surface area contributed by atoms with E-state index in [4.69, 9.17) is 0 Å². The molecule has 2 aromatic heterocycles. The van der Waals surface area contributed by atoms with E-state index in [-0.39, 0.29) is 0 Å². The summed E-state index contributed by atoms with van der Waals surface area (Å²) in [5.41, 5.74) is 2.44. The summed E-state index contributed by atoms with van der Waals surface area (Å²) in [6.07, 6.45) is 4.34. The number of rotatable bonds is 5. The van der Waals surface area contributed by atoms with Crippen molar-refractivity contribution in [3.63, 3.8) is 0 Å². The van der Waals surface area contributed by atoms with E-state index in [2.05, 4.69) is 29.1 Å². The van der Waals surface area contributed by atoms with E-state index < -0.39 is 6.10 Å². The topological polar surface area (TPSA) is 63.8 Å². The Morgan fingerprint density at radius 2 is 2.22 bits per heavy atom. The molecule has 0 saturated carbocycles. The minimum Gasteiger partial charge on any atom is -0.380 e. The average molecular weight is 246 g/mol. The highest BCUT2D eigenvalue weighted by Gasteiger charge is 2.19. The van der Waals surface area contributed by atoms with Gasteiger partial charge in [0.15, 0.2) is 0 Å². The van der Waals surface area contributed by atoms with Gasteiger partial charge >= 0.3 is 0 Å². The van der Waals surface area contributed by atoms with Gasteiger partial charge in [-0.1, -0.05) is 25.1 Å². The Kier molecular flexibility index (Phi) is 4.04. The molecule has 2 rings (SSSR count). The predicted octanol–water partition coefficient (Wildman–Crippen LogP) is 1.73. The normalized spacial score (nSPS) is 12.6. The van der Waals surface area contributed by atoms with Crippen molar-refractivity contribution >= 4 is 0 Å². The van der Waals surface area contributed by atoms with Gasteiger partial charge in [0, 0.05) is 12.7 Å². The first kappa shape index (κ1) is 12.7. The first-order chi connectivity index (χ1) is 8.77. The first-order valence-corrected chi connectivity index (χ1v) is 6.28. The molecule has 2 heterocycles. The van der Waals surface area contributed by atoms with Crippen LogP contribution in [0.3, 0.4) is 0 Å². The number of nitrogens with zero attached hydrogens (tertiary/aromatic N) is 4. The highest BCUT2D eigenvalue weighted by atomic mass is 16.3. The highest BCUT2D eigenvalue weighted by Crippen LogP contribution is 2.22. The summed E-state index contributed by atoms with van der Waals surface area (Å²) in [7, 11) is 0. The van der Waals surface area contributed by atoms with Gasteiger partial charge in [-0.25, -0.2) is 4.68 Å². The lowest BCUT2D eigenvalue weighted by molar-refractivity contribution is 0.201. The zero-order valence-corrected chi connectivity index (χ0v) is 10.7. The van der Waals surface area contributed by atoms with E-state index in [0.717, 1.165) is 24.9 Å². The highest BCUT2D eigenvalue weighted by molar-refractivity contribution is 5.26. The molecule has 96 valence electrons. The van der Waals surface area contributed by atoms with E-state index in [1.54, 1.807) is 17.1 Å². The van der Waals surface area contributed by atoms with Gasteiger partial charge in [0.05, 0.1) is 17.6 Å². The van der Waals surface area contributed by atoms with Crippen molar-refractivity contribution in [2.45, 2.75) is 39.3 Å². The van der Waals surface area contributed by atoms with E-state index in [9.17, 15) is 5.11 Å². The van der Waals surface area contributed by atoms with Crippen LogP contribution in [0.15, 0.2) is 24.5 Å². The van der Waals surface area contributed by atoms with Crippen LogP contribution in [-0.4, -0.2) is 25.1 Å². The third-order valence-corrected chi connectivity index (χ3v) is 2.93. The number of aliphatic hydroxyl groups is 1. The van der Waals surface area contributed by atoms with E-state index in [0.29, 0.717) is 11.4 Å². The number of pyridine rings is 1. The molecule has 0 spiro atoms. The van der Waals surface area contributed by atoms with Crippen LogP contribution >= 0.6 is 0 Å². The lowest BCUT2D eigenvalue weighted by Gasteiger charge is -2.14. The smallest absolute Gasteiger partial charge is 0.139 e. The molecule has 1 N–H and O–H groups in total. The fourth-order valence-electron chi connectivity index (χ4n) is 2.00. The maximum atomic E-state index is 10.4. The van der Waals surface area contributed by atoms with Crippen molar-refractivity contribution < 1.29 is 5.11 Å². The van der Waals surface area contributed by atoms with Gasteiger partial charge in [-0.05, 0) is 24.5 Å². The summed E-state index contributed by atoms with van der Waals surface area (Å²) in [6, 6.07) is 3.87. The number of aromatic nitrogens is 4. The third-order valence-electron chi connectivity index (χ3n) is 2.93. The quantitative estimate of drug-likeness (QED) is 0.872. The molecule has 0 fully saturated rings. The molecule has 0 bridgehead atoms. The van der Waals surface area contributed by atoms with Crippen LogP contribution in [0.5, 0.6) is 0 Å². The molecule has 0 aliphatic rings. The van der Waals surface area contributed by atoms with E-state index >= 15 is 0 Å². The summed E-state index contributed by atoms with van der Waals surface area (Å²) < 4.78 is 1.73. The Morgan fingerprint density at radius 1 is 1.39 bits per heavy atom. The standard InChI is InChI=1S/C13H18N4O/c1-3-8-17-11(9-15-16-17)13(18)12-10(4-2)6-5-7-14-12/h5-7,9,13,18H,3-4,8H2,1-2H3. The molecule has 5 nitrogen and oxygen atoms in total. The molecule has 0 aliphatic carbocycles. The second-order valence-electron chi connectivity index (χ2n) is 4.19. The van der Waals surface area contributed by atoms with Crippen LogP contribution in [0.4, 0.5) is 0 Å². The minimum atomic E-state index is -0.761. The molecule has 0 radical (unpaired) electrons. The lowest BCUT2D eigenvalue weighted by Crippen LogP contribution is -2.12. The number of hydrogen-bond acceptors (Lipinski definition) is 4. The number of aliphatic hydroxyl groups excluding tert-OH is 1. The summed E-state index contributed by atoms with van der Waals surface area (Å²) in [5, 5.41) is 18.3. The molecule has 1 unspecified atom stereocenters. The maximum Gasteiger partial charge on any atom is 0.139 e. The Hall–Kier alpha value is -1.75. The third kappa shape index (κ3) is 2.41. The van der Waals surface area contributed by atoms with Crippen molar-refractivity contribution in [2.75, 3.05) is 0 Å². The second kappa shape index (κ2) is 5.73.